The fraction of sp³-hybridized carbons (Fsp3) is 0.190. The Morgan fingerprint density at radius 2 is 1.65 bits per heavy atom. The first-order valence-corrected chi connectivity index (χ1v) is 8.62. The van der Waals surface area contributed by atoms with Crippen LogP contribution >= 0.6 is 0 Å². The summed E-state index contributed by atoms with van der Waals surface area (Å²) in [7, 11) is 0. The predicted molar refractivity (Wildman–Crippen MR) is 102 cm³/mol. The van der Waals surface area contributed by atoms with Gasteiger partial charge in [-0.25, -0.2) is 4.79 Å². The van der Waals surface area contributed by atoms with Crippen LogP contribution in [0.4, 0.5) is 5.82 Å². The maximum Gasteiger partial charge on any atom is 0.328 e. The van der Waals surface area contributed by atoms with Gasteiger partial charge in [0.25, 0.3) is 0 Å². The topological polar surface area (TPSA) is 64.1 Å². The standard InChI is InChI=1S/C21H21N3O2/c1-2-26-21(25)19(15-16-9-5-3-6-10-16)22-20-14-13-18(23-24-20)17-11-7-4-8-12-17/h3-14,19H,2,15H2,1H3,(H,22,24)/t19-/m0/s1. The predicted octanol–water partition coefficient (Wildman–Crippen LogP) is 3.73. The van der Waals surface area contributed by atoms with Crippen LogP contribution in [0.5, 0.6) is 0 Å². The summed E-state index contributed by atoms with van der Waals surface area (Å²) in [6, 6.07) is 22.8. The molecule has 1 aromatic heterocycles. The van der Waals surface area contributed by atoms with E-state index in [2.05, 4.69) is 15.5 Å². The third-order valence-corrected chi connectivity index (χ3v) is 3.91. The van der Waals surface area contributed by atoms with Gasteiger partial charge in [0.2, 0.25) is 0 Å². The third-order valence-electron chi connectivity index (χ3n) is 3.91. The Morgan fingerprint density at radius 3 is 2.27 bits per heavy atom. The smallest absolute Gasteiger partial charge is 0.328 e. The van der Waals surface area contributed by atoms with E-state index in [0.717, 1.165) is 16.8 Å². The average molecular weight is 347 g/mol. The molecule has 0 aliphatic carbocycles. The fourth-order valence-electron chi connectivity index (χ4n) is 2.64. The lowest BCUT2D eigenvalue weighted by Crippen LogP contribution is -2.34. The van der Waals surface area contributed by atoms with Gasteiger partial charge in [-0.2, -0.15) is 0 Å². The number of hydrogen-bond acceptors (Lipinski definition) is 5. The first-order chi connectivity index (χ1) is 12.8. The van der Waals surface area contributed by atoms with Crippen LogP contribution in [-0.4, -0.2) is 28.8 Å². The van der Waals surface area contributed by atoms with Crippen molar-refractivity contribution < 1.29 is 9.53 Å². The van der Waals surface area contributed by atoms with Crippen molar-refractivity contribution in [1.29, 1.82) is 0 Å². The van der Waals surface area contributed by atoms with Crippen LogP contribution in [0.25, 0.3) is 11.3 Å². The summed E-state index contributed by atoms with van der Waals surface area (Å²) in [6.45, 7) is 2.14. The van der Waals surface area contributed by atoms with Crippen LogP contribution < -0.4 is 5.32 Å². The van der Waals surface area contributed by atoms with Crippen molar-refractivity contribution >= 4 is 11.8 Å². The van der Waals surface area contributed by atoms with E-state index in [-0.39, 0.29) is 5.97 Å². The maximum absolute atomic E-state index is 12.3. The molecule has 0 radical (unpaired) electrons. The Morgan fingerprint density at radius 1 is 0.962 bits per heavy atom. The summed E-state index contributed by atoms with van der Waals surface area (Å²) in [5.41, 5.74) is 2.83. The fourth-order valence-corrected chi connectivity index (χ4v) is 2.64. The highest BCUT2D eigenvalue weighted by Gasteiger charge is 2.21. The summed E-state index contributed by atoms with van der Waals surface area (Å²) < 4.78 is 5.19. The minimum Gasteiger partial charge on any atom is -0.464 e. The van der Waals surface area contributed by atoms with Crippen LogP contribution in [-0.2, 0) is 16.0 Å². The van der Waals surface area contributed by atoms with E-state index < -0.39 is 6.04 Å². The molecule has 0 saturated carbocycles. The van der Waals surface area contributed by atoms with Gasteiger partial charge in [0.05, 0.1) is 12.3 Å². The molecule has 0 bridgehead atoms. The van der Waals surface area contributed by atoms with Gasteiger partial charge < -0.3 is 10.1 Å². The van der Waals surface area contributed by atoms with Crippen molar-refractivity contribution in [3.8, 4) is 11.3 Å². The molecule has 0 saturated heterocycles. The maximum atomic E-state index is 12.3. The molecule has 3 rings (SSSR count). The molecule has 0 amide bonds. The Kier molecular flexibility index (Phi) is 5.93. The molecule has 1 N–H and O–H groups in total. The van der Waals surface area contributed by atoms with E-state index in [9.17, 15) is 4.79 Å². The minimum atomic E-state index is -0.519. The summed E-state index contributed by atoms with van der Waals surface area (Å²) in [4.78, 5) is 12.3. The minimum absolute atomic E-state index is 0.301. The van der Waals surface area contributed by atoms with Crippen molar-refractivity contribution in [2.24, 2.45) is 0 Å². The second-order valence-electron chi connectivity index (χ2n) is 5.81. The van der Waals surface area contributed by atoms with Crippen LogP contribution in [0.2, 0.25) is 0 Å². The number of aromatic nitrogens is 2. The highest BCUT2D eigenvalue weighted by Crippen LogP contribution is 2.17. The Bertz CT molecular complexity index is 821. The lowest BCUT2D eigenvalue weighted by Gasteiger charge is -2.17. The number of anilines is 1. The van der Waals surface area contributed by atoms with Crippen LogP contribution in [0.15, 0.2) is 72.8 Å². The number of hydrogen-bond donors (Lipinski definition) is 1. The molecular formula is C21H21N3O2. The van der Waals surface area contributed by atoms with E-state index in [0.29, 0.717) is 18.8 Å². The van der Waals surface area contributed by atoms with Crippen LogP contribution in [0.3, 0.4) is 0 Å². The van der Waals surface area contributed by atoms with Gasteiger partial charge in [-0.3, -0.25) is 0 Å². The summed E-state index contributed by atoms with van der Waals surface area (Å²) in [5, 5.41) is 11.6. The molecule has 1 atom stereocenters. The molecule has 5 nitrogen and oxygen atoms in total. The lowest BCUT2D eigenvalue weighted by atomic mass is 10.1. The second-order valence-corrected chi connectivity index (χ2v) is 5.81. The quantitative estimate of drug-likeness (QED) is 0.660. The van der Waals surface area contributed by atoms with Gasteiger partial charge in [-0.15, -0.1) is 10.2 Å². The zero-order chi connectivity index (χ0) is 18.2. The molecule has 0 fully saturated rings. The van der Waals surface area contributed by atoms with Crippen molar-refractivity contribution in [1.82, 2.24) is 10.2 Å². The molecule has 5 heteroatoms. The number of rotatable bonds is 7. The number of nitrogens with zero attached hydrogens (tertiary/aromatic N) is 2. The molecule has 0 aliphatic rings. The number of carbonyl (C=O) groups excluding carboxylic acids is 1. The third kappa shape index (κ3) is 4.66. The largest absolute Gasteiger partial charge is 0.464 e. The molecule has 1 heterocycles. The van der Waals surface area contributed by atoms with E-state index in [1.54, 1.807) is 6.92 Å². The Hall–Kier alpha value is -3.21. The zero-order valence-electron chi connectivity index (χ0n) is 14.6. The molecule has 26 heavy (non-hydrogen) atoms. The number of ether oxygens (including phenoxy) is 1. The highest BCUT2D eigenvalue weighted by molar-refractivity contribution is 5.79. The van der Waals surface area contributed by atoms with Gasteiger partial charge in [-0.05, 0) is 24.6 Å². The van der Waals surface area contributed by atoms with Crippen molar-refractivity contribution in [2.45, 2.75) is 19.4 Å². The summed E-state index contributed by atoms with van der Waals surface area (Å²) in [5.74, 6) is 0.240. The van der Waals surface area contributed by atoms with E-state index in [1.807, 2.05) is 72.8 Å². The normalized spacial score (nSPS) is 11.6. The Labute approximate surface area is 153 Å². The van der Waals surface area contributed by atoms with Crippen LogP contribution in [0.1, 0.15) is 12.5 Å². The molecular weight excluding hydrogens is 326 g/mol. The monoisotopic (exact) mass is 347 g/mol. The number of carbonyl (C=O) groups is 1. The van der Waals surface area contributed by atoms with Gasteiger partial charge in [-0.1, -0.05) is 60.7 Å². The first-order valence-electron chi connectivity index (χ1n) is 8.62. The van der Waals surface area contributed by atoms with E-state index >= 15 is 0 Å². The molecule has 0 aliphatic heterocycles. The SMILES string of the molecule is CCOC(=O)[C@H](Cc1ccccc1)Nc1ccc(-c2ccccc2)nn1. The van der Waals surface area contributed by atoms with E-state index in [1.165, 1.54) is 0 Å². The van der Waals surface area contributed by atoms with Crippen LogP contribution in [0, 0.1) is 0 Å². The molecule has 0 spiro atoms. The van der Waals surface area contributed by atoms with Gasteiger partial charge >= 0.3 is 5.97 Å². The number of nitrogens with one attached hydrogen (secondary N) is 1. The van der Waals surface area contributed by atoms with Gasteiger partial charge in [0.15, 0.2) is 0 Å². The lowest BCUT2D eigenvalue weighted by molar-refractivity contribution is -0.144. The van der Waals surface area contributed by atoms with Gasteiger partial charge in [0.1, 0.15) is 11.9 Å². The Balaban J connectivity index is 1.74. The summed E-state index contributed by atoms with van der Waals surface area (Å²) >= 11 is 0. The molecule has 0 unspecified atom stereocenters. The van der Waals surface area contributed by atoms with Crippen molar-refractivity contribution in [3.63, 3.8) is 0 Å². The van der Waals surface area contributed by atoms with Crippen molar-refractivity contribution in [2.75, 3.05) is 11.9 Å². The van der Waals surface area contributed by atoms with E-state index in [4.69, 9.17) is 4.74 Å². The van der Waals surface area contributed by atoms with Crippen molar-refractivity contribution in [3.05, 3.63) is 78.4 Å². The summed E-state index contributed by atoms with van der Waals surface area (Å²) in [6.07, 6.45) is 0.516. The molecule has 3 aromatic rings. The second kappa shape index (κ2) is 8.76. The first kappa shape index (κ1) is 17.6. The average Bonchev–Trinajstić information content (AvgIpc) is 2.70. The van der Waals surface area contributed by atoms with Gasteiger partial charge in [0, 0.05) is 12.0 Å². The highest BCUT2D eigenvalue weighted by atomic mass is 16.5. The molecule has 132 valence electrons. The number of esters is 1. The zero-order valence-corrected chi connectivity index (χ0v) is 14.6. The number of benzene rings is 2. The molecule has 2 aromatic carbocycles.